The second-order valence-electron chi connectivity index (χ2n) is 2.03. The van der Waals surface area contributed by atoms with E-state index in [1.165, 1.54) is 0 Å². The number of rotatable bonds is 5. The predicted octanol–water partition coefficient (Wildman–Crippen LogP) is 2.49. The number of hydrogen-bond acceptors (Lipinski definition) is 1. The van der Waals surface area contributed by atoms with Crippen LogP contribution in [-0.4, -0.2) is 13.7 Å². The van der Waals surface area contributed by atoms with Crippen LogP contribution in [0.25, 0.3) is 0 Å². The molecule has 0 saturated heterocycles. The van der Waals surface area contributed by atoms with Gasteiger partial charge < -0.3 is 4.74 Å². The molecule has 0 aliphatic carbocycles. The van der Waals surface area contributed by atoms with Crippen LogP contribution in [0.5, 0.6) is 0 Å². The lowest BCUT2D eigenvalue weighted by Crippen LogP contribution is -1.80. The van der Waals surface area contributed by atoms with Crippen LogP contribution in [0.2, 0.25) is 0 Å². The Bertz CT molecular complexity index is 175. The molecule has 0 atom stereocenters. The van der Waals surface area contributed by atoms with E-state index in [4.69, 9.17) is 4.74 Å². The first kappa shape index (κ1) is 9.92. The Hall–Kier alpha value is -1.08. The van der Waals surface area contributed by atoms with E-state index in [2.05, 4.69) is 13.2 Å². The minimum Gasteiger partial charge on any atom is -0.381 e. The van der Waals surface area contributed by atoms with Crippen molar-refractivity contribution in [3.63, 3.8) is 0 Å². The minimum atomic E-state index is 0.626. The maximum absolute atomic E-state index is 4.82. The molecule has 0 fully saturated rings. The monoisotopic (exact) mass is 150 g/mol. The predicted molar refractivity (Wildman–Crippen MR) is 49.5 cm³/mol. The molecular weight excluding hydrogens is 136 g/mol. The number of hydrogen-bond donors (Lipinski definition) is 0. The van der Waals surface area contributed by atoms with Gasteiger partial charge in [-0.25, -0.2) is 0 Å². The van der Waals surface area contributed by atoms with Gasteiger partial charge in [0, 0.05) is 7.11 Å². The van der Waals surface area contributed by atoms with Gasteiger partial charge in [-0.2, -0.15) is 0 Å². The molecular formula is C10H14O. The summed E-state index contributed by atoms with van der Waals surface area (Å²) in [5, 5.41) is 0. The molecule has 0 N–H and O–H groups in total. The van der Waals surface area contributed by atoms with Gasteiger partial charge in [-0.15, -0.1) is 0 Å². The lowest BCUT2D eigenvalue weighted by atomic mass is 10.2. The van der Waals surface area contributed by atoms with E-state index in [1.807, 2.05) is 24.3 Å². The third-order valence-electron chi connectivity index (χ3n) is 1.04. The molecule has 60 valence electrons. The largest absolute Gasteiger partial charge is 0.381 e. The van der Waals surface area contributed by atoms with Crippen LogP contribution < -0.4 is 0 Å². The van der Waals surface area contributed by atoms with E-state index in [0.717, 1.165) is 5.57 Å². The van der Waals surface area contributed by atoms with E-state index in [9.17, 15) is 0 Å². The first-order chi connectivity index (χ1) is 5.31. The zero-order valence-electron chi connectivity index (χ0n) is 6.92. The molecule has 0 bridgehead atoms. The molecule has 0 aromatic heterocycles. The average molecular weight is 150 g/mol. The van der Waals surface area contributed by atoms with Crippen molar-refractivity contribution in [2.45, 2.75) is 0 Å². The Morgan fingerprint density at radius 3 is 2.73 bits per heavy atom. The lowest BCUT2D eigenvalue weighted by Gasteiger charge is -1.88. The van der Waals surface area contributed by atoms with Gasteiger partial charge in [-0.3, -0.25) is 0 Å². The van der Waals surface area contributed by atoms with Gasteiger partial charge in [0.2, 0.25) is 0 Å². The number of methoxy groups -OCH3 is 1. The smallest absolute Gasteiger partial charge is 0.0646 e. The SMILES string of the molecule is C=C/C=C\C(=C)/C=C/COC. The Morgan fingerprint density at radius 2 is 2.18 bits per heavy atom. The topological polar surface area (TPSA) is 9.23 Å². The van der Waals surface area contributed by atoms with Crippen LogP contribution in [0, 0.1) is 0 Å². The Balaban J connectivity index is 3.68. The molecule has 0 aromatic carbocycles. The van der Waals surface area contributed by atoms with Crippen LogP contribution in [-0.2, 0) is 4.74 Å². The summed E-state index contributed by atoms with van der Waals surface area (Å²) in [6.07, 6.45) is 9.27. The van der Waals surface area contributed by atoms with E-state index in [0.29, 0.717) is 6.61 Å². The number of ether oxygens (including phenoxy) is 1. The molecule has 0 aromatic rings. The molecule has 0 radical (unpaired) electrons. The fourth-order valence-corrected chi connectivity index (χ4v) is 0.543. The molecule has 1 nitrogen and oxygen atoms in total. The third-order valence-corrected chi connectivity index (χ3v) is 1.04. The quantitative estimate of drug-likeness (QED) is 0.547. The fraction of sp³-hybridized carbons (Fsp3) is 0.200. The second kappa shape index (κ2) is 7.03. The highest BCUT2D eigenvalue weighted by molar-refractivity contribution is 5.28. The van der Waals surface area contributed by atoms with Gasteiger partial charge in [0.1, 0.15) is 0 Å². The van der Waals surface area contributed by atoms with Crippen molar-refractivity contribution in [3.8, 4) is 0 Å². The van der Waals surface area contributed by atoms with Crippen molar-refractivity contribution in [1.82, 2.24) is 0 Å². The fourth-order valence-electron chi connectivity index (χ4n) is 0.543. The summed E-state index contributed by atoms with van der Waals surface area (Å²) in [6.45, 7) is 7.97. The zero-order valence-corrected chi connectivity index (χ0v) is 6.92. The Kier molecular flexibility index (Phi) is 6.34. The molecule has 0 rings (SSSR count). The molecule has 0 aliphatic heterocycles. The van der Waals surface area contributed by atoms with Crippen molar-refractivity contribution in [1.29, 1.82) is 0 Å². The van der Waals surface area contributed by atoms with Crippen LogP contribution in [0.15, 0.2) is 49.1 Å². The molecule has 11 heavy (non-hydrogen) atoms. The molecule has 0 saturated carbocycles. The highest BCUT2D eigenvalue weighted by atomic mass is 16.5. The van der Waals surface area contributed by atoms with Gasteiger partial charge in [0.15, 0.2) is 0 Å². The van der Waals surface area contributed by atoms with E-state index < -0.39 is 0 Å². The van der Waals surface area contributed by atoms with Crippen LogP contribution >= 0.6 is 0 Å². The number of allylic oxidation sites excluding steroid dienone is 5. The summed E-state index contributed by atoms with van der Waals surface area (Å²) in [7, 11) is 1.66. The van der Waals surface area contributed by atoms with Gasteiger partial charge in [0.25, 0.3) is 0 Å². The summed E-state index contributed by atoms with van der Waals surface area (Å²) in [4.78, 5) is 0. The second-order valence-corrected chi connectivity index (χ2v) is 2.03. The first-order valence-corrected chi connectivity index (χ1v) is 3.44. The van der Waals surface area contributed by atoms with Gasteiger partial charge >= 0.3 is 0 Å². The highest BCUT2D eigenvalue weighted by Crippen LogP contribution is 1.94. The van der Waals surface area contributed by atoms with Crippen LogP contribution in [0.1, 0.15) is 0 Å². The van der Waals surface area contributed by atoms with E-state index in [1.54, 1.807) is 13.2 Å². The Labute approximate surface area is 68.4 Å². The lowest BCUT2D eigenvalue weighted by molar-refractivity contribution is 0.234. The molecule has 1 heteroatoms. The van der Waals surface area contributed by atoms with Gasteiger partial charge in [-0.1, -0.05) is 43.5 Å². The van der Waals surface area contributed by atoms with E-state index >= 15 is 0 Å². The van der Waals surface area contributed by atoms with Crippen LogP contribution in [0.3, 0.4) is 0 Å². The highest BCUT2D eigenvalue weighted by Gasteiger charge is 1.77. The normalized spacial score (nSPS) is 11.0. The van der Waals surface area contributed by atoms with Crippen LogP contribution in [0.4, 0.5) is 0 Å². The van der Waals surface area contributed by atoms with Crippen molar-refractivity contribution in [2.24, 2.45) is 0 Å². The summed E-state index contributed by atoms with van der Waals surface area (Å²) in [6, 6.07) is 0. The summed E-state index contributed by atoms with van der Waals surface area (Å²) < 4.78 is 4.82. The zero-order chi connectivity index (χ0) is 8.53. The van der Waals surface area contributed by atoms with Crippen molar-refractivity contribution in [3.05, 3.63) is 49.1 Å². The third kappa shape index (κ3) is 6.81. The van der Waals surface area contributed by atoms with E-state index in [-0.39, 0.29) is 0 Å². The maximum atomic E-state index is 4.82. The molecule has 0 amide bonds. The summed E-state index contributed by atoms with van der Waals surface area (Å²) >= 11 is 0. The van der Waals surface area contributed by atoms with Crippen molar-refractivity contribution >= 4 is 0 Å². The van der Waals surface area contributed by atoms with Crippen molar-refractivity contribution in [2.75, 3.05) is 13.7 Å². The standard InChI is InChI=1S/C10H14O/c1-4-5-7-10(2)8-6-9-11-3/h4-8H,1-2,9H2,3H3/b7-5-,8-6+. The maximum Gasteiger partial charge on any atom is 0.0646 e. The summed E-state index contributed by atoms with van der Waals surface area (Å²) in [5.41, 5.74) is 0.946. The molecule has 0 heterocycles. The minimum absolute atomic E-state index is 0.626. The molecule has 0 spiro atoms. The summed E-state index contributed by atoms with van der Waals surface area (Å²) in [5.74, 6) is 0. The average Bonchev–Trinajstić information content (AvgIpc) is 2.01. The molecule has 0 aliphatic rings. The van der Waals surface area contributed by atoms with Gasteiger partial charge in [-0.05, 0) is 5.57 Å². The first-order valence-electron chi connectivity index (χ1n) is 3.44. The Morgan fingerprint density at radius 1 is 1.45 bits per heavy atom. The molecule has 0 unspecified atom stereocenters. The van der Waals surface area contributed by atoms with Crippen molar-refractivity contribution < 1.29 is 4.74 Å². The van der Waals surface area contributed by atoms with Gasteiger partial charge in [0.05, 0.1) is 6.61 Å².